The van der Waals surface area contributed by atoms with Gasteiger partial charge in [-0.2, -0.15) is 0 Å². The van der Waals surface area contributed by atoms with Gasteiger partial charge >= 0.3 is 0 Å². The molecule has 1 aliphatic carbocycles. The predicted octanol–water partition coefficient (Wildman–Crippen LogP) is 3.91. The fourth-order valence-corrected chi connectivity index (χ4v) is 4.25. The van der Waals surface area contributed by atoms with Crippen molar-refractivity contribution in [1.29, 1.82) is 0 Å². The average molecular weight is 316 g/mol. The fourth-order valence-electron chi connectivity index (χ4n) is 3.11. The van der Waals surface area contributed by atoms with E-state index >= 15 is 0 Å². The number of hydrogen-bond donors (Lipinski definition) is 0. The first-order chi connectivity index (χ1) is 10.7. The van der Waals surface area contributed by atoms with Gasteiger partial charge in [0.05, 0.1) is 12.6 Å². The van der Waals surface area contributed by atoms with Crippen LogP contribution in [0.2, 0.25) is 0 Å². The minimum Gasteiger partial charge on any atom is -0.383 e. The van der Waals surface area contributed by atoms with Crippen molar-refractivity contribution >= 4 is 11.3 Å². The number of fused-ring (bicyclic) bond motifs is 1. The molecule has 1 aliphatic rings. The molecule has 0 bridgehead atoms. The highest BCUT2D eigenvalue weighted by Crippen LogP contribution is 2.33. The lowest BCUT2D eigenvalue weighted by atomic mass is 10.1. The zero-order valence-electron chi connectivity index (χ0n) is 13.6. The third-order valence-corrected chi connectivity index (χ3v) is 5.20. The summed E-state index contributed by atoms with van der Waals surface area (Å²) in [5.74, 6) is 0.507. The third kappa shape index (κ3) is 3.03. The fraction of sp³-hybridized carbons (Fsp3) is 0.500. The molecule has 0 saturated carbocycles. The topological polar surface area (TPSA) is 26.5 Å². The van der Waals surface area contributed by atoms with E-state index in [4.69, 9.17) is 9.73 Å². The summed E-state index contributed by atoms with van der Waals surface area (Å²) in [6.45, 7) is 6.08. The van der Waals surface area contributed by atoms with Crippen LogP contribution in [0.15, 0.2) is 34.6 Å². The molecule has 0 spiro atoms. The standard InChI is InChI=1S/C18H24N2OS/c1-13(2)17-12-22-18(20(17)10-11-21-3)19-16-9-8-14-6-4-5-7-15(14)16/h4-7,12-13,16H,8-11H2,1-3H3. The maximum absolute atomic E-state index is 5.27. The second-order valence-corrected chi connectivity index (χ2v) is 6.96. The molecule has 1 atom stereocenters. The van der Waals surface area contributed by atoms with Gasteiger partial charge in [-0.15, -0.1) is 11.3 Å². The second-order valence-electron chi connectivity index (χ2n) is 6.12. The van der Waals surface area contributed by atoms with E-state index in [0.717, 1.165) is 30.8 Å². The quantitative estimate of drug-likeness (QED) is 0.821. The molecule has 3 rings (SSSR count). The van der Waals surface area contributed by atoms with Crippen LogP contribution in [0, 0.1) is 0 Å². The van der Waals surface area contributed by atoms with Gasteiger partial charge in [0, 0.05) is 24.7 Å². The van der Waals surface area contributed by atoms with Crippen LogP contribution in [0.4, 0.5) is 0 Å². The van der Waals surface area contributed by atoms with Crippen molar-refractivity contribution in [2.75, 3.05) is 13.7 Å². The van der Waals surface area contributed by atoms with E-state index in [0.29, 0.717) is 12.0 Å². The highest BCUT2D eigenvalue weighted by atomic mass is 32.1. The summed E-state index contributed by atoms with van der Waals surface area (Å²) in [6, 6.07) is 9.02. The largest absolute Gasteiger partial charge is 0.383 e. The van der Waals surface area contributed by atoms with E-state index in [1.54, 1.807) is 18.4 Å². The molecule has 1 unspecified atom stereocenters. The molecule has 1 aromatic heterocycles. The van der Waals surface area contributed by atoms with E-state index < -0.39 is 0 Å². The lowest BCUT2D eigenvalue weighted by Gasteiger charge is -2.12. The van der Waals surface area contributed by atoms with E-state index in [1.165, 1.54) is 16.8 Å². The van der Waals surface area contributed by atoms with E-state index in [9.17, 15) is 0 Å². The first-order valence-corrected chi connectivity index (χ1v) is 8.87. The molecule has 4 heteroatoms. The number of methoxy groups -OCH3 is 1. The smallest absolute Gasteiger partial charge is 0.185 e. The minimum absolute atomic E-state index is 0.309. The van der Waals surface area contributed by atoms with Gasteiger partial charge in [-0.1, -0.05) is 38.1 Å². The molecule has 22 heavy (non-hydrogen) atoms. The molecular formula is C18H24N2OS. The van der Waals surface area contributed by atoms with Crippen molar-refractivity contribution in [2.45, 2.75) is 45.2 Å². The first kappa shape index (κ1) is 15.5. The van der Waals surface area contributed by atoms with Crippen LogP contribution < -0.4 is 4.80 Å². The molecule has 1 aromatic carbocycles. The van der Waals surface area contributed by atoms with Gasteiger partial charge in [0.2, 0.25) is 0 Å². The predicted molar refractivity (Wildman–Crippen MR) is 91.3 cm³/mol. The highest BCUT2D eigenvalue weighted by molar-refractivity contribution is 7.07. The molecule has 3 nitrogen and oxygen atoms in total. The van der Waals surface area contributed by atoms with Gasteiger partial charge < -0.3 is 9.30 Å². The second kappa shape index (κ2) is 6.80. The highest BCUT2D eigenvalue weighted by Gasteiger charge is 2.21. The molecule has 0 fully saturated rings. The molecule has 118 valence electrons. The van der Waals surface area contributed by atoms with Crippen molar-refractivity contribution in [3.8, 4) is 0 Å². The number of thiazole rings is 1. The normalized spacial score (nSPS) is 18.2. The summed E-state index contributed by atoms with van der Waals surface area (Å²) in [4.78, 5) is 6.21. The monoisotopic (exact) mass is 316 g/mol. The van der Waals surface area contributed by atoms with E-state index in [1.807, 2.05) is 0 Å². The van der Waals surface area contributed by atoms with Crippen molar-refractivity contribution < 1.29 is 4.74 Å². The van der Waals surface area contributed by atoms with Crippen molar-refractivity contribution in [3.05, 3.63) is 51.3 Å². The lowest BCUT2D eigenvalue weighted by Crippen LogP contribution is -2.21. The average Bonchev–Trinajstić information content (AvgIpc) is 3.10. The Morgan fingerprint density at radius 3 is 2.95 bits per heavy atom. The van der Waals surface area contributed by atoms with Crippen molar-refractivity contribution in [3.63, 3.8) is 0 Å². The lowest BCUT2D eigenvalue weighted by molar-refractivity contribution is 0.185. The Labute approximate surface area is 136 Å². The van der Waals surface area contributed by atoms with Gasteiger partial charge in [-0.25, -0.2) is 0 Å². The van der Waals surface area contributed by atoms with Crippen LogP contribution in [0.25, 0.3) is 0 Å². The van der Waals surface area contributed by atoms with Crippen LogP contribution in [-0.4, -0.2) is 18.3 Å². The number of nitrogens with zero attached hydrogens (tertiary/aromatic N) is 2. The summed E-state index contributed by atoms with van der Waals surface area (Å²) in [5, 5.41) is 2.25. The Kier molecular flexibility index (Phi) is 4.79. The summed E-state index contributed by atoms with van der Waals surface area (Å²) >= 11 is 1.76. The van der Waals surface area contributed by atoms with Crippen LogP contribution in [0.5, 0.6) is 0 Å². The number of hydrogen-bond acceptors (Lipinski definition) is 3. The third-order valence-electron chi connectivity index (χ3n) is 4.31. The van der Waals surface area contributed by atoms with Crippen LogP contribution in [-0.2, 0) is 17.7 Å². The van der Waals surface area contributed by atoms with Gasteiger partial charge in [-0.05, 0) is 29.9 Å². The first-order valence-electron chi connectivity index (χ1n) is 7.99. The van der Waals surface area contributed by atoms with Gasteiger partial charge in [0.1, 0.15) is 0 Å². The van der Waals surface area contributed by atoms with Crippen LogP contribution in [0.1, 0.15) is 49.0 Å². The minimum atomic E-state index is 0.309. The van der Waals surface area contributed by atoms with Crippen molar-refractivity contribution in [1.82, 2.24) is 4.57 Å². The molecular weight excluding hydrogens is 292 g/mol. The number of aryl methyl sites for hydroxylation is 1. The Morgan fingerprint density at radius 2 is 2.18 bits per heavy atom. The van der Waals surface area contributed by atoms with Gasteiger partial charge in [0.15, 0.2) is 4.80 Å². The molecule has 0 radical (unpaired) electrons. The number of aromatic nitrogens is 1. The maximum atomic E-state index is 5.27. The molecule has 1 heterocycles. The number of rotatable bonds is 5. The molecule has 0 N–H and O–H groups in total. The van der Waals surface area contributed by atoms with Gasteiger partial charge in [0.25, 0.3) is 0 Å². The SMILES string of the molecule is COCCn1c(C(C)C)csc1=NC1CCc2ccccc21. The Morgan fingerprint density at radius 1 is 1.36 bits per heavy atom. The van der Waals surface area contributed by atoms with Crippen LogP contribution >= 0.6 is 11.3 Å². The summed E-state index contributed by atoms with van der Waals surface area (Å²) in [6.07, 6.45) is 2.27. The maximum Gasteiger partial charge on any atom is 0.185 e. The molecule has 0 aliphatic heterocycles. The van der Waals surface area contributed by atoms with E-state index in [2.05, 4.69) is 48.1 Å². The Bertz CT molecular complexity index is 699. The van der Waals surface area contributed by atoms with Crippen molar-refractivity contribution in [2.24, 2.45) is 4.99 Å². The van der Waals surface area contributed by atoms with E-state index in [-0.39, 0.29) is 0 Å². The van der Waals surface area contributed by atoms with Gasteiger partial charge in [-0.3, -0.25) is 4.99 Å². The number of ether oxygens (including phenoxy) is 1. The summed E-state index contributed by atoms with van der Waals surface area (Å²) < 4.78 is 7.61. The Hall–Kier alpha value is -1.39. The zero-order valence-corrected chi connectivity index (χ0v) is 14.4. The zero-order chi connectivity index (χ0) is 15.5. The molecule has 0 saturated heterocycles. The number of benzene rings is 1. The molecule has 0 amide bonds. The summed E-state index contributed by atoms with van der Waals surface area (Å²) in [5.41, 5.74) is 4.22. The molecule has 2 aromatic rings. The van der Waals surface area contributed by atoms with Crippen LogP contribution in [0.3, 0.4) is 0 Å². The Balaban J connectivity index is 1.98. The summed E-state index contributed by atoms with van der Waals surface area (Å²) in [7, 11) is 1.76.